The average Bonchev–Trinajstić information content (AvgIpc) is 3.22. The van der Waals surface area contributed by atoms with Crippen molar-refractivity contribution in [3.05, 3.63) is 72.0 Å². The number of aromatic nitrogens is 3. The highest BCUT2D eigenvalue weighted by atomic mass is 32.1. The summed E-state index contributed by atoms with van der Waals surface area (Å²) in [7, 11) is 0. The molecule has 4 nitrogen and oxygen atoms in total. The molecule has 5 heteroatoms. The standard InChI is InChI=1S/C17H13N3OS/c1-2-5-16-15(4-1)19-17(22-16)12-21-14-8-6-13(7-9-14)20-11-3-10-18-20/h1-11H,12H2. The number of fused-ring (bicyclic) bond motifs is 1. The highest BCUT2D eigenvalue weighted by Gasteiger charge is 2.04. The Morgan fingerprint density at radius 1 is 1.00 bits per heavy atom. The monoisotopic (exact) mass is 307 g/mol. The second-order valence-corrected chi connectivity index (χ2v) is 5.92. The number of ether oxygens (including phenoxy) is 1. The number of rotatable bonds is 4. The Kier molecular flexibility index (Phi) is 3.33. The van der Waals surface area contributed by atoms with E-state index >= 15 is 0 Å². The second kappa shape index (κ2) is 5.61. The van der Waals surface area contributed by atoms with Crippen LogP contribution in [0, 0.1) is 0 Å². The fraction of sp³-hybridized carbons (Fsp3) is 0.0588. The Hall–Kier alpha value is -2.66. The first-order valence-corrected chi connectivity index (χ1v) is 7.77. The summed E-state index contributed by atoms with van der Waals surface area (Å²) in [6.45, 7) is 0.487. The molecule has 4 rings (SSSR count). The molecule has 0 N–H and O–H groups in total. The van der Waals surface area contributed by atoms with Crippen molar-refractivity contribution in [2.24, 2.45) is 0 Å². The highest BCUT2D eigenvalue weighted by Crippen LogP contribution is 2.23. The van der Waals surface area contributed by atoms with Crippen molar-refractivity contribution < 1.29 is 4.74 Å². The van der Waals surface area contributed by atoms with Gasteiger partial charge in [-0.2, -0.15) is 5.10 Å². The number of thiazole rings is 1. The minimum Gasteiger partial charge on any atom is -0.486 e. The van der Waals surface area contributed by atoms with Crippen molar-refractivity contribution in [3.8, 4) is 11.4 Å². The van der Waals surface area contributed by atoms with Gasteiger partial charge in [-0.25, -0.2) is 9.67 Å². The summed E-state index contributed by atoms with van der Waals surface area (Å²) in [5.41, 5.74) is 2.04. The van der Waals surface area contributed by atoms with Crippen molar-refractivity contribution in [3.63, 3.8) is 0 Å². The van der Waals surface area contributed by atoms with Gasteiger partial charge in [0.2, 0.25) is 0 Å². The molecule has 0 aliphatic heterocycles. The Balaban J connectivity index is 1.47. The van der Waals surface area contributed by atoms with Gasteiger partial charge in [-0.3, -0.25) is 0 Å². The largest absolute Gasteiger partial charge is 0.486 e. The predicted octanol–water partition coefficient (Wildman–Crippen LogP) is 4.06. The molecule has 0 atom stereocenters. The van der Waals surface area contributed by atoms with E-state index in [9.17, 15) is 0 Å². The van der Waals surface area contributed by atoms with E-state index in [1.165, 1.54) is 4.70 Å². The topological polar surface area (TPSA) is 39.9 Å². The quantitative estimate of drug-likeness (QED) is 0.571. The van der Waals surface area contributed by atoms with Gasteiger partial charge in [0.1, 0.15) is 17.4 Å². The maximum atomic E-state index is 5.81. The van der Waals surface area contributed by atoms with E-state index < -0.39 is 0 Å². The van der Waals surface area contributed by atoms with Crippen LogP contribution in [0.5, 0.6) is 5.75 Å². The molecule has 0 aliphatic carbocycles. The molecule has 108 valence electrons. The van der Waals surface area contributed by atoms with Gasteiger partial charge >= 0.3 is 0 Å². The summed E-state index contributed by atoms with van der Waals surface area (Å²) in [5, 5.41) is 5.19. The SMILES string of the molecule is c1ccc2sc(COc3ccc(-n4cccn4)cc3)nc2c1. The summed E-state index contributed by atoms with van der Waals surface area (Å²) < 4.78 is 8.82. The molecule has 22 heavy (non-hydrogen) atoms. The second-order valence-electron chi connectivity index (χ2n) is 4.81. The fourth-order valence-electron chi connectivity index (χ4n) is 2.24. The van der Waals surface area contributed by atoms with Crippen molar-refractivity contribution in [1.29, 1.82) is 0 Å². The number of hydrogen-bond donors (Lipinski definition) is 0. The summed E-state index contributed by atoms with van der Waals surface area (Å²) >= 11 is 1.67. The van der Waals surface area contributed by atoms with Crippen LogP contribution in [0.3, 0.4) is 0 Å². The van der Waals surface area contributed by atoms with Gasteiger partial charge in [0.05, 0.1) is 15.9 Å². The number of nitrogens with zero attached hydrogens (tertiary/aromatic N) is 3. The molecule has 0 aliphatic rings. The third-order valence-electron chi connectivity index (χ3n) is 3.31. The van der Waals surface area contributed by atoms with Gasteiger partial charge in [-0.05, 0) is 42.5 Å². The van der Waals surface area contributed by atoms with Crippen LogP contribution in [0.15, 0.2) is 67.0 Å². The van der Waals surface area contributed by atoms with E-state index in [1.54, 1.807) is 17.5 Å². The van der Waals surface area contributed by atoms with E-state index in [0.29, 0.717) is 6.61 Å². The van der Waals surface area contributed by atoms with Crippen LogP contribution in [0.25, 0.3) is 15.9 Å². The molecule has 2 aromatic heterocycles. The summed E-state index contributed by atoms with van der Waals surface area (Å²) in [6.07, 6.45) is 3.68. The van der Waals surface area contributed by atoms with Crippen molar-refractivity contribution in [2.75, 3.05) is 0 Å². The van der Waals surface area contributed by atoms with Gasteiger partial charge in [-0.1, -0.05) is 12.1 Å². The molecular formula is C17H13N3OS. The number of hydrogen-bond acceptors (Lipinski definition) is 4. The van der Waals surface area contributed by atoms with Crippen LogP contribution in [0.2, 0.25) is 0 Å². The summed E-state index contributed by atoms with van der Waals surface area (Å²) in [5.74, 6) is 0.829. The van der Waals surface area contributed by atoms with Gasteiger partial charge in [0.25, 0.3) is 0 Å². The lowest BCUT2D eigenvalue weighted by molar-refractivity contribution is 0.306. The normalized spacial score (nSPS) is 10.9. The van der Waals surface area contributed by atoms with Crippen LogP contribution in [-0.4, -0.2) is 14.8 Å². The van der Waals surface area contributed by atoms with Crippen LogP contribution in [0.1, 0.15) is 5.01 Å². The Labute approximate surface area is 131 Å². The van der Waals surface area contributed by atoms with Gasteiger partial charge in [0.15, 0.2) is 0 Å². The Morgan fingerprint density at radius 3 is 2.64 bits per heavy atom. The van der Waals surface area contributed by atoms with Gasteiger partial charge < -0.3 is 4.74 Å². The molecular weight excluding hydrogens is 294 g/mol. The first-order valence-electron chi connectivity index (χ1n) is 6.96. The van der Waals surface area contributed by atoms with Gasteiger partial charge in [0, 0.05) is 12.4 Å². The highest BCUT2D eigenvalue weighted by molar-refractivity contribution is 7.18. The smallest absolute Gasteiger partial charge is 0.140 e. The zero-order valence-corrected chi connectivity index (χ0v) is 12.5. The molecule has 0 saturated heterocycles. The van der Waals surface area contributed by atoms with E-state index in [2.05, 4.69) is 16.1 Å². The van der Waals surface area contributed by atoms with Crippen LogP contribution < -0.4 is 4.74 Å². The third-order valence-corrected chi connectivity index (χ3v) is 4.32. The van der Waals surface area contributed by atoms with Crippen molar-refractivity contribution in [1.82, 2.24) is 14.8 Å². The molecule has 2 heterocycles. The lowest BCUT2D eigenvalue weighted by atomic mass is 10.3. The molecule has 0 spiro atoms. The van der Waals surface area contributed by atoms with E-state index in [1.807, 2.05) is 59.4 Å². The van der Waals surface area contributed by atoms with Gasteiger partial charge in [-0.15, -0.1) is 11.3 Å². The van der Waals surface area contributed by atoms with Crippen LogP contribution >= 0.6 is 11.3 Å². The summed E-state index contributed by atoms with van der Waals surface area (Å²) in [6, 6.07) is 17.9. The van der Waals surface area contributed by atoms with E-state index in [4.69, 9.17) is 4.74 Å². The lowest BCUT2D eigenvalue weighted by Gasteiger charge is -2.05. The molecule has 0 fully saturated rings. The average molecular weight is 307 g/mol. The molecule has 0 radical (unpaired) electrons. The van der Waals surface area contributed by atoms with E-state index in [-0.39, 0.29) is 0 Å². The zero-order chi connectivity index (χ0) is 14.8. The first-order chi connectivity index (χ1) is 10.9. The maximum Gasteiger partial charge on any atom is 0.140 e. The minimum atomic E-state index is 0.487. The minimum absolute atomic E-state index is 0.487. The zero-order valence-electron chi connectivity index (χ0n) is 11.7. The number of para-hydroxylation sites is 1. The number of benzene rings is 2. The Bertz CT molecular complexity index is 849. The molecule has 0 bridgehead atoms. The molecule has 0 unspecified atom stereocenters. The fourth-order valence-corrected chi connectivity index (χ4v) is 3.12. The van der Waals surface area contributed by atoms with E-state index in [0.717, 1.165) is 22.0 Å². The third kappa shape index (κ3) is 2.58. The molecule has 2 aromatic carbocycles. The predicted molar refractivity (Wildman–Crippen MR) is 87.5 cm³/mol. The Morgan fingerprint density at radius 2 is 1.86 bits per heavy atom. The molecule has 0 saturated carbocycles. The van der Waals surface area contributed by atoms with Crippen LogP contribution in [-0.2, 0) is 6.61 Å². The van der Waals surface area contributed by atoms with Crippen LogP contribution in [0.4, 0.5) is 0 Å². The molecule has 0 amide bonds. The van der Waals surface area contributed by atoms with Crippen molar-refractivity contribution in [2.45, 2.75) is 6.61 Å². The van der Waals surface area contributed by atoms with Crippen molar-refractivity contribution >= 4 is 21.6 Å². The summed E-state index contributed by atoms with van der Waals surface area (Å²) in [4.78, 5) is 4.57. The lowest BCUT2D eigenvalue weighted by Crippen LogP contribution is -1.96. The molecule has 4 aromatic rings. The first kappa shape index (κ1) is 13.0. The maximum absolute atomic E-state index is 5.81.